The van der Waals surface area contributed by atoms with Gasteiger partial charge in [0.1, 0.15) is 22.9 Å². The molecule has 0 spiro atoms. The van der Waals surface area contributed by atoms with Crippen LogP contribution in [0.4, 0.5) is 0 Å². The van der Waals surface area contributed by atoms with Crippen molar-refractivity contribution in [2.24, 2.45) is 0 Å². The molecule has 0 saturated heterocycles. The summed E-state index contributed by atoms with van der Waals surface area (Å²) >= 11 is 0. The molecule has 0 aliphatic carbocycles. The molecule has 1 aromatic heterocycles. The third-order valence-electron chi connectivity index (χ3n) is 2.88. The number of ketones is 1. The van der Waals surface area contributed by atoms with Crippen molar-refractivity contribution in [2.45, 2.75) is 26.7 Å². The maximum absolute atomic E-state index is 11.5. The highest BCUT2D eigenvalue weighted by Gasteiger charge is 2.05. The third-order valence-corrected chi connectivity index (χ3v) is 2.88. The van der Waals surface area contributed by atoms with Gasteiger partial charge in [-0.1, -0.05) is 13.8 Å². The molecule has 4 nitrogen and oxygen atoms in total. The number of hydrogen-bond acceptors (Lipinski definition) is 4. The van der Waals surface area contributed by atoms with E-state index in [9.17, 15) is 4.79 Å². The van der Waals surface area contributed by atoms with Crippen LogP contribution < -0.4 is 9.47 Å². The van der Waals surface area contributed by atoms with E-state index in [1.807, 2.05) is 31.2 Å². The fraction of sp³-hybridized carbons (Fsp3) is 0.294. The lowest BCUT2D eigenvalue weighted by Crippen LogP contribution is -1.99. The van der Waals surface area contributed by atoms with Crippen LogP contribution in [0.15, 0.2) is 42.6 Å². The van der Waals surface area contributed by atoms with Gasteiger partial charge >= 0.3 is 0 Å². The number of benzene rings is 1. The number of carbonyl (C=O) groups is 1. The molecule has 0 amide bonds. The molecule has 0 aliphatic heterocycles. The van der Waals surface area contributed by atoms with E-state index in [-0.39, 0.29) is 5.78 Å². The minimum Gasteiger partial charge on any atom is -0.494 e. The van der Waals surface area contributed by atoms with Crippen molar-refractivity contribution in [3.8, 4) is 17.2 Å². The molecule has 0 bridgehead atoms. The molecule has 110 valence electrons. The Labute approximate surface area is 124 Å². The van der Waals surface area contributed by atoms with Crippen LogP contribution in [0.25, 0.3) is 0 Å². The number of rotatable bonds is 7. The van der Waals surface area contributed by atoms with Crippen LogP contribution in [0.1, 0.15) is 37.2 Å². The molecule has 0 N–H and O–H groups in total. The van der Waals surface area contributed by atoms with Gasteiger partial charge < -0.3 is 9.47 Å². The van der Waals surface area contributed by atoms with Gasteiger partial charge in [-0.05, 0) is 42.8 Å². The van der Waals surface area contributed by atoms with Gasteiger partial charge in [-0.25, -0.2) is 4.98 Å². The second-order valence-corrected chi connectivity index (χ2v) is 4.58. The van der Waals surface area contributed by atoms with Crippen LogP contribution in [-0.4, -0.2) is 17.4 Å². The molecule has 0 saturated carbocycles. The number of carbonyl (C=O) groups excluding carboxylic acids is 1. The van der Waals surface area contributed by atoms with Crippen LogP contribution >= 0.6 is 0 Å². The number of aromatic nitrogens is 1. The molecule has 0 aliphatic rings. The normalized spacial score (nSPS) is 10.2. The van der Waals surface area contributed by atoms with Crippen molar-refractivity contribution in [3.63, 3.8) is 0 Å². The first-order valence-corrected chi connectivity index (χ1v) is 7.13. The summed E-state index contributed by atoms with van der Waals surface area (Å²) in [5, 5.41) is 0. The van der Waals surface area contributed by atoms with E-state index in [0.717, 1.165) is 12.2 Å². The Morgan fingerprint density at radius 2 is 1.67 bits per heavy atom. The van der Waals surface area contributed by atoms with Crippen molar-refractivity contribution >= 4 is 5.78 Å². The quantitative estimate of drug-likeness (QED) is 0.713. The van der Waals surface area contributed by atoms with E-state index >= 15 is 0 Å². The predicted molar refractivity (Wildman–Crippen MR) is 81.2 cm³/mol. The molecule has 2 aromatic rings. The molecule has 0 radical (unpaired) electrons. The molecule has 2 rings (SSSR count). The molecule has 1 aromatic carbocycles. The van der Waals surface area contributed by atoms with Gasteiger partial charge in [-0.3, -0.25) is 4.79 Å². The zero-order valence-corrected chi connectivity index (χ0v) is 12.3. The minimum atomic E-state index is 0.0268. The molecule has 0 unspecified atom stereocenters. The third kappa shape index (κ3) is 4.31. The van der Waals surface area contributed by atoms with E-state index < -0.39 is 0 Å². The highest BCUT2D eigenvalue weighted by molar-refractivity contribution is 5.93. The fourth-order valence-corrected chi connectivity index (χ4v) is 1.75. The maximum Gasteiger partial charge on any atom is 0.180 e. The van der Waals surface area contributed by atoms with E-state index in [2.05, 4.69) is 11.9 Å². The first-order valence-electron chi connectivity index (χ1n) is 7.13. The number of nitrogens with zero attached hydrogens (tertiary/aromatic N) is 1. The topological polar surface area (TPSA) is 48.4 Å². The van der Waals surface area contributed by atoms with E-state index in [1.165, 1.54) is 0 Å². The zero-order chi connectivity index (χ0) is 15.1. The summed E-state index contributed by atoms with van der Waals surface area (Å²) in [7, 11) is 0. The average Bonchev–Trinajstić information content (AvgIpc) is 2.54. The van der Waals surface area contributed by atoms with Crippen LogP contribution in [0.2, 0.25) is 0 Å². The zero-order valence-electron chi connectivity index (χ0n) is 12.3. The molecule has 0 atom stereocenters. The number of hydrogen-bond donors (Lipinski definition) is 0. The average molecular weight is 285 g/mol. The van der Waals surface area contributed by atoms with Crippen molar-refractivity contribution < 1.29 is 14.3 Å². The lowest BCUT2D eigenvalue weighted by atomic mass is 10.2. The van der Waals surface area contributed by atoms with E-state index in [1.54, 1.807) is 18.3 Å². The lowest BCUT2D eigenvalue weighted by molar-refractivity contribution is 0.0983. The van der Waals surface area contributed by atoms with Crippen LogP contribution in [0.3, 0.4) is 0 Å². The van der Waals surface area contributed by atoms with E-state index in [0.29, 0.717) is 30.2 Å². The SMILES string of the molecule is CCCOc1ccc(Oc2ccc(C(=O)CC)nc2)cc1. The van der Waals surface area contributed by atoms with Crippen LogP contribution in [0.5, 0.6) is 17.2 Å². The summed E-state index contributed by atoms with van der Waals surface area (Å²) < 4.78 is 11.2. The van der Waals surface area contributed by atoms with Crippen LogP contribution in [-0.2, 0) is 0 Å². The number of pyridine rings is 1. The fourth-order valence-electron chi connectivity index (χ4n) is 1.75. The Morgan fingerprint density at radius 3 is 2.24 bits per heavy atom. The Bertz CT molecular complexity index is 576. The van der Waals surface area contributed by atoms with Gasteiger partial charge in [0.05, 0.1) is 12.8 Å². The second kappa shape index (κ2) is 7.43. The van der Waals surface area contributed by atoms with Gasteiger partial charge in [0, 0.05) is 6.42 Å². The van der Waals surface area contributed by atoms with Crippen molar-refractivity contribution in [1.82, 2.24) is 4.98 Å². The van der Waals surface area contributed by atoms with Gasteiger partial charge in [-0.2, -0.15) is 0 Å². The summed E-state index contributed by atoms with van der Waals surface area (Å²) in [4.78, 5) is 15.6. The summed E-state index contributed by atoms with van der Waals surface area (Å²) in [5.74, 6) is 2.16. The molecular formula is C17H19NO3. The molecular weight excluding hydrogens is 266 g/mol. The predicted octanol–water partition coefficient (Wildman–Crippen LogP) is 4.26. The van der Waals surface area contributed by atoms with Gasteiger partial charge in [0.25, 0.3) is 0 Å². The largest absolute Gasteiger partial charge is 0.494 e. The van der Waals surface area contributed by atoms with Crippen molar-refractivity contribution in [2.75, 3.05) is 6.61 Å². The Kier molecular flexibility index (Phi) is 5.32. The highest BCUT2D eigenvalue weighted by atomic mass is 16.5. The highest BCUT2D eigenvalue weighted by Crippen LogP contribution is 2.23. The standard InChI is InChI=1S/C17H19NO3/c1-3-11-20-13-5-7-14(8-6-13)21-15-9-10-16(18-12-15)17(19)4-2/h5-10,12H,3-4,11H2,1-2H3. The Hall–Kier alpha value is -2.36. The number of Topliss-reactive ketones (excluding diaryl/α,β-unsaturated/α-hetero) is 1. The second-order valence-electron chi connectivity index (χ2n) is 4.58. The summed E-state index contributed by atoms with van der Waals surface area (Å²) in [6.45, 7) is 4.59. The molecule has 4 heteroatoms. The molecule has 21 heavy (non-hydrogen) atoms. The monoisotopic (exact) mass is 285 g/mol. The summed E-state index contributed by atoms with van der Waals surface area (Å²) in [6, 6.07) is 10.9. The smallest absolute Gasteiger partial charge is 0.180 e. The Balaban J connectivity index is 1.99. The Morgan fingerprint density at radius 1 is 1.00 bits per heavy atom. The molecule has 1 heterocycles. The van der Waals surface area contributed by atoms with Crippen LogP contribution in [0, 0.1) is 0 Å². The molecule has 0 fully saturated rings. The van der Waals surface area contributed by atoms with Gasteiger partial charge in [0.2, 0.25) is 0 Å². The van der Waals surface area contributed by atoms with Gasteiger partial charge in [0.15, 0.2) is 5.78 Å². The summed E-state index contributed by atoms with van der Waals surface area (Å²) in [6.07, 6.45) is 2.99. The minimum absolute atomic E-state index is 0.0268. The first-order chi connectivity index (χ1) is 10.2. The number of ether oxygens (including phenoxy) is 2. The van der Waals surface area contributed by atoms with Crippen molar-refractivity contribution in [3.05, 3.63) is 48.3 Å². The lowest BCUT2D eigenvalue weighted by Gasteiger charge is -2.08. The first kappa shape index (κ1) is 15.0. The van der Waals surface area contributed by atoms with E-state index in [4.69, 9.17) is 9.47 Å². The van der Waals surface area contributed by atoms with Gasteiger partial charge in [-0.15, -0.1) is 0 Å². The summed E-state index contributed by atoms with van der Waals surface area (Å²) in [5.41, 5.74) is 0.466. The van der Waals surface area contributed by atoms with Crippen molar-refractivity contribution in [1.29, 1.82) is 0 Å². The maximum atomic E-state index is 11.5.